The first-order valence-electron chi connectivity index (χ1n) is 6.97. The van der Waals surface area contributed by atoms with Crippen molar-refractivity contribution in [1.82, 2.24) is 0 Å². The van der Waals surface area contributed by atoms with Gasteiger partial charge in [0.2, 0.25) is 0 Å². The van der Waals surface area contributed by atoms with Crippen molar-refractivity contribution in [1.29, 1.82) is 0 Å². The number of hydrogen-bond donors (Lipinski definition) is 0. The molecule has 0 N–H and O–H groups in total. The molecule has 25 heavy (non-hydrogen) atoms. The minimum absolute atomic E-state index is 0.234. The molecule has 1 amide bonds. The number of thiocarbonyl (C=S) groups is 1. The monoisotopic (exact) mass is 429 g/mol. The maximum absolute atomic E-state index is 12.8. The van der Waals surface area contributed by atoms with Crippen LogP contribution in [0, 0.1) is 0 Å². The molecule has 0 bridgehead atoms. The van der Waals surface area contributed by atoms with Crippen molar-refractivity contribution in [2.45, 2.75) is 0 Å². The normalized spacial score (nSPS) is 16.0. The van der Waals surface area contributed by atoms with Gasteiger partial charge in [-0.25, -0.2) is 0 Å². The summed E-state index contributed by atoms with van der Waals surface area (Å²) in [7, 11) is 1.53. The Balaban J connectivity index is 1.95. The second-order valence-electron chi connectivity index (χ2n) is 5.00. The van der Waals surface area contributed by atoms with Gasteiger partial charge in [0.1, 0.15) is 5.75 Å². The molecule has 8 heteroatoms. The second-order valence-corrected chi connectivity index (χ2v) is 7.93. The summed E-state index contributed by atoms with van der Waals surface area (Å²) in [4.78, 5) is 14.7. The Bertz CT molecular complexity index is 915. The zero-order valence-electron chi connectivity index (χ0n) is 12.8. The third-order valence-electron chi connectivity index (χ3n) is 3.44. The van der Waals surface area contributed by atoms with Crippen LogP contribution in [0.3, 0.4) is 0 Å². The molecule has 0 spiro atoms. The minimum Gasteiger partial charge on any atom is -0.495 e. The van der Waals surface area contributed by atoms with Gasteiger partial charge in [0.05, 0.1) is 22.7 Å². The lowest BCUT2D eigenvalue weighted by Gasteiger charge is -2.15. The van der Waals surface area contributed by atoms with Gasteiger partial charge in [-0.15, -0.1) is 0 Å². The lowest BCUT2D eigenvalue weighted by atomic mass is 10.2. The van der Waals surface area contributed by atoms with E-state index < -0.39 is 0 Å². The number of carbonyl (C=O) groups excluding carboxylic acids is 1. The Hall–Kier alpha value is -1.24. The van der Waals surface area contributed by atoms with Gasteiger partial charge in [-0.1, -0.05) is 64.8 Å². The van der Waals surface area contributed by atoms with Gasteiger partial charge in [0, 0.05) is 10.0 Å². The first-order valence-corrected chi connectivity index (χ1v) is 9.33. The fraction of sp³-hybridized carbons (Fsp3) is 0.0588. The van der Waals surface area contributed by atoms with E-state index in [2.05, 4.69) is 0 Å². The lowest BCUT2D eigenvalue weighted by Crippen LogP contribution is -2.27. The summed E-state index contributed by atoms with van der Waals surface area (Å²) in [6.07, 6.45) is 1.70. The zero-order valence-corrected chi connectivity index (χ0v) is 16.7. The van der Waals surface area contributed by atoms with Crippen molar-refractivity contribution in [2.24, 2.45) is 0 Å². The SMILES string of the molecule is COc1ccc(N2C(=O)C(=Cc3ccc(Cl)cc3Cl)SC2=S)cc1Cl. The van der Waals surface area contributed by atoms with Crippen LogP contribution in [-0.4, -0.2) is 17.3 Å². The fourth-order valence-corrected chi connectivity index (χ4v) is 4.25. The predicted octanol–water partition coefficient (Wildman–Crippen LogP) is 6.06. The van der Waals surface area contributed by atoms with E-state index in [1.54, 1.807) is 42.5 Å². The molecule has 1 aliphatic rings. The van der Waals surface area contributed by atoms with Crippen molar-refractivity contribution >= 4 is 80.8 Å². The number of methoxy groups -OCH3 is 1. The third kappa shape index (κ3) is 3.81. The molecule has 2 aromatic carbocycles. The molecule has 0 aliphatic carbocycles. The van der Waals surface area contributed by atoms with Gasteiger partial charge >= 0.3 is 0 Å². The number of carbonyl (C=O) groups is 1. The van der Waals surface area contributed by atoms with Crippen LogP contribution in [0.4, 0.5) is 5.69 Å². The fourth-order valence-electron chi connectivity index (χ4n) is 2.24. The van der Waals surface area contributed by atoms with E-state index >= 15 is 0 Å². The quantitative estimate of drug-likeness (QED) is 0.437. The molecule has 1 aliphatic heterocycles. The number of nitrogens with zero attached hydrogens (tertiary/aromatic N) is 1. The topological polar surface area (TPSA) is 29.5 Å². The molecule has 0 saturated carbocycles. The van der Waals surface area contributed by atoms with E-state index in [-0.39, 0.29) is 5.91 Å². The van der Waals surface area contributed by atoms with Crippen molar-refractivity contribution in [3.8, 4) is 5.75 Å². The molecule has 1 saturated heterocycles. The van der Waals surface area contributed by atoms with E-state index in [9.17, 15) is 4.79 Å². The maximum atomic E-state index is 12.8. The van der Waals surface area contributed by atoms with Crippen LogP contribution in [0.5, 0.6) is 5.75 Å². The highest BCUT2D eigenvalue weighted by Crippen LogP contribution is 2.39. The highest BCUT2D eigenvalue weighted by molar-refractivity contribution is 8.27. The summed E-state index contributed by atoms with van der Waals surface area (Å²) in [5.41, 5.74) is 1.28. The maximum Gasteiger partial charge on any atom is 0.270 e. The molecular weight excluding hydrogens is 421 g/mol. The van der Waals surface area contributed by atoms with E-state index in [1.807, 2.05) is 0 Å². The van der Waals surface area contributed by atoms with Crippen LogP contribution in [0.25, 0.3) is 6.08 Å². The molecule has 2 aromatic rings. The van der Waals surface area contributed by atoms with Crippen LogP contribution in [0.2, 0.25) is 15.1 Å². The first kappa shape index (κ1) is 18.5. The summed E-state index contributed by atoms with van der Waals surface area (Å²) < 4.78 is 5.55. The largest absolute Gasteiger partial charge is 0.495 e. The lowest BCUT2D eigenvalue weighted by molar-refractivity contribution is -0.113. The minimum atomic E-state index is -0.234. The van der Waals surface area contributed by atoms with Crippen molar-refractivity contribution in [3.05, 3.63) is 61.9 Å². The van der Waals surface area contributed by atoms with Crippen LogP contribution >= 0.6 is 58.8 Å². The van der Waals surface area contributed by atoms with Gasteiger partial charge < -0.3 is 4.74 Å². The number of amides is 1. The molecule has 0 aromatic heterocycles. The number of rotatable bonds is 3. The number of benzene rings is 2. The molecular formula is C17H10Cl3NO2S2. The highest BCUT2D eigenvalue weighted by atomic mass is 35.5. The standard InChI is InChI=1S/C17H10Cl3NO2S2/c1-23-14-5-4-11(8-13(14)20)21-16(22)15(25-17(21)24)6-9-2-3-10(18)7-12(9)19/h2-8H,1H3. The number of halogens is 3. The highest BCUT2D eigenvalue weighted by Gasteiger charge is 2.33. The van der Waals surface area contributed by atoms with E-state index in [0.29, 0.717) is 41.3 Å². The van der Waals surface area contributed by atoms with E-state index in [4.69, 9.17) is 51.8 Å². The van der Waals surface area contributed by atoms with Crippen LogP contribution < -0.4 is 9.64 Å². The summed E-state index contributed by atoms with van der Waals surface area (Å²) in [5, 5.41) is 1.40. The van der Waals surface area contributed by atoms with Crippen molar-refractivity contribution in [2.75, 3.05) is 12.0 Å². The van der Waals surface area contributed by atoms with Crippen molar-refractivity contribution in [3.63, 3.8) is 0 Å². The molecule has 3 rings (SSSR count). The van der Waals surface area contributed by atoms with Gasteiger partial charge in [-0.2, -0.15) is 0 Å². The van der Waals surface area contributed by atoms with E-state index in [1.165, 1.54) is 23.8 Å². The molecule has 128 valence electrons. The summed E-state index contributed by atoms with van der Waals surface area (Å²) in [5.74, 6) is 0.293. The Morgan fingerprint density at radius 3 is 2.52 bits per heavy atom. The Labute approximate surface area is 169 Å². The number of thioether (sulfide) groups is 1. The summed E-state index contributed by atoms with van der Waals surface area (Å²) >= 11 is 24.8. The Kier molecular flexibility index (Phi) is 5.61. The Morgan fingerprint density at radius 1 is 1.12 bits per heavy atom. The first-order chi connectivity index (χ1) is 11.9. The number of anilines is 1. The summed E-state index contributed by atoms with van der Waals surface area (Å²) in [6, 6.07) is 10.1. The molecule has 0 radical (unpaired) electrons. The summed E-state index contributed by atoms with van der Waals surface area (Å²) in [6.45, 7) is 0. The molecule has 1 fully saturated rings. The second kappa shape index (κ2) is 7.56. The molecule has 1 heterocycles. The van der Waals surface area contributed by atoms with Crippen LogP contribution in [-0.2, 0) is 4.79 Å². The number of hydrogen-bond acceptors (Lipinski definition) is 4. The average molecular weight is 431 g/mol. The zero-order chi connectivity index (χ0) is 18.1. The van der Waals surface area contributed by atoms with Gasteiger partial charge in [0.15, 0.2) is 4.32 Å². The van der Waals surface area contributed by atoms with Crippen LogP contribution in [0.1, 0.15) is 5.56 Å². The van der Waals surface area contributed by atoms with Gasteiger partial charge in [0.25, 0.3) is 5.91 Å². The molecule has 3 nitrogen and oxygen atoms in total. The van der Waals surface area contributed by atoms with Crippen molar-refractivity contribution < 1.29 is 9.53 Å². The average Bonchev–Trinajstić information content (AvgIpc) is 2.84. The number of ether oxygens (including phenoxy) is 1. The smallest absolute Gasteiger partial charge is 0.270 e. The van der Waals surface area contributed by atoms with E-state index in [0.717, 1.165) is 0 Å². The van der Waals surface area contributed by atoms with Crippen LogP contribution in [0.15, 0.2) is 41.3 Å². The predicted molar refractivity (Wildman–Crippen MR) is 110 cm³/mol. The Morgan fingerprint density at radius 2 is 1.88 bits per heavy atom. The third-order valence-corrected chi connectivity index (χ3v) is 5.60. The molecule has 0 unspecified atom stereocenters. The van der Waals surface area contributed by atoms with Gasteiger partial charge in [-0.3, -0.25) is 9.69 Å². The molecule has 0 atom stereocenters. The van der Waals surface area contributed by atoms with Gasteiger partial charge in [-0.05, 0) is 42.0 Å².